The number of nitrogens with one attached hydrogen (secondary N) is 1. The number of hydrogen-bond acceptors (Lipinski definition) is 5. The van der Waals surface area contributed by atoms with Crippen molar-refractivity contribution in [2.24, 2.45) is 5.92 Å². The predicted octanol–water partition coefficient (Wildman–Crippen LogP) is 1.82. The molecule has 0 unspecified atom stereocenters. The maximum absolute atomic E-state index is 12.7. The molecule has 2 atom stereocenters. The molecule has 0 saturated carbocycles. The van der Waals surface area contributed by atoms with E-state index in [4.69, 9.17) is 16.3 Å². The van der Waals surface area contributed by atoms with Crippen LogP contribution >= 0.6 is 11.6 Å². The van der Waals surface area contributed by atoms with Crippen LogP contribution in [0, 0.1) is 5.92 Å². The van der Waals surface area contributed by atoms with Gasteiger partial charge in [-0.2, -0.15) is 4.31 Å². The fourth-order valence-electron chi connectivity index (χ4n) is 3.49. The van der Waals surface area contributed by atoms with Crippen molar-refractivity contribution >= 4 is 27.5 Å². The zero-order valence-corrected chi connectivity index (χ0v) is 16.3. The van der Waals surface area contributed by atoms with Crippen molar-refractivity contribution in [1.82, 2.24) is 14.6 Å². The fourth-order valence-corrected chi connectivity index (χ4v) is 5.39. The van der Waals surface area contributed by atoms with Crippen molar-refractivity contribution in [2.45, 2.75) is 49.6 Å². The fraction of sp³-hybridized carbons (Fsp3) is 0.647. The molecule has 0 aromatic carbocycles. The Morgan fingerprint density at radius 1 is 1.38 bits per heavy atom. The van der Waals surface area contributed by atoms with Crippen molar-refractivity contribution in [3.8, 4) is 0 Å². The van der Waals surface area contributed by atoms with E-state index in [0.717, 1.165) is 19.4 Å². The molecular weight excluding hydrogens is 378 g/mol. The largest absolute Gasteiger partial charge is 0.376 e. The summed E-state index contributed by atoms with van der Waals surface area (Å²) in [6, 6.07) is 2.97. The van der Waals surface area contributed by atoms with Crippen LogP contribution in [0.5, 0.6) is 0 Å². The van der Waals surface area contributed by atoms with Crippen LogP contribution in [0.4, 0.5) is 0 Å². The molecule has 2 fully saturated rings. The lowest BCUT2D eigenvalue weighted by Gasteiger charge is -2.31. The highest BCUT2D eigenvalue weighted by molar-refractivity contribution is 7.89. The van der Waals surface area contributed by atoms with E-state index >= 15 is 0 Å². The molecule has 2 aliphatic heterocycles. The number of hydrogen-bond donors (Lipinski definition) is 1. The van der Waals surface area contributed by atoms with Crippen LogP contribution in [0.2, 0.25) is 5.15 Å². The minimum absolute atomic E-state index is 0.0107. The summed E-state index contributed by atoms with van der Waals surface area (Å²) in [6.45, 7) is 3.29. The number of rotatable bonds is 5. The maximum Gasteiger partial charge on any atom is 0.246 e. The highest BCUT2D eigenvalue weighted by Crippen LogP contribution is 2.27. The molecule has 0 aliphatic carbocycles. The Bertz CT molecular complexity index is 744. The van der Waals surface area contributed by atoms with Crippen LogP contribution < -0.4 is 5.32 Å². The topological polar surface area (TPSA) is 88.6 Å². The van der Waals surface area contributed by atoms with Crippen molar-refractivity contribution in [3.63, 3.8) is 0 Å². The third-order valence-corrected chi connectivity index (χ3v) is 7.40. The molecule has 7 nitrogen and oxygen atoms in total. The van der Waals surface area contributed by atoms with Crippen molar-refractivity contribution < 1.29 is 17.9 Å². The highest BCUT2D eigenvalue weighted by Gasteiger charge is 2.34. The first-order chi connectivity index (χ1) is 12.4. The monoisotopic (exact) mass is 401 g/mol. The second-order valence-corrected chi connectivity index (χ2v) is 9.08. The number of nitrogens with zero attached hydrogens (tertiary/aromatic N) is 2. The third kappa shape index (κ3) is 4.19. The minimum Gasteiger partial charge on any atom is -0.376 e. The summed E-state index contributed by atoms with van der Waals surface area (Å²) in [5.74, 6) is -0.209. The Labute approximate surface area is 159 Å². The van der Waals surface area contributed by atoms with Gasteiger partial charge in [0.15, 0.2) is 0 Å². The standard InChI is InChI=1S/C17H24ClN3O4S/c1-12(14-4-3-11-25-14)20-17(22)13-6-9-21(10-7-13)26(23,24)15-5-2-8-19-16(15)18/h2,5,8,12-14H,3-4,6-7,9-11H2,1H3,(H,20,22)/t12-,14-/m1/s1. The van der Waals surface area contributed by atoms with Gasteiger partial charge in [0.05, 0.1) is 12.1 Å². The Morgan fingerprint density at radius 2 is 2.12 bits per heavy atom. The van der Waals surface area contributed by atoms with Gasteiger partial charge in [0.2, 0.25) is 15.9 Å². The van der Waals surface area contributed by atoms with Crippen molar-refractivity contribution in [2.75, 3.05) is 19.7 Å². The maximum atomic E-state index is 12.7. The molecule has 1 N–H and O–H groups in total. The van der Waals surface area contributed by atoms with Crippen molar-refractivity contribution in [3.05, 3.63) is 23.5 Å². The molecule has 9 heteroatoms. The first kappa shape index (κ1) is 19.5. The van der Waals surface area contributed by atoms with E-state index in [-0.39, 0.29) is 34.0 Å². The van der Waals surface area contributed by atoms with Crippen LogP contribution in [0.1, 0.15) is 32.6 Å². The summed E-state index contributed by atoms with van der Waals surface area (Å²) >= 11 is 5.93. The highest BCUT2D eigenvalue weighted by atomic mass is 35.5. The summed E-state index contributed by atoms with van der Waals surface area (Å²) in [7, 11) is -3.69. The van der Waals surface area contributed by atoms with Gasteiger partial charge in [0.1, 0.15) is 10.0 Å². The summed E-state index contributed by atoms with van der Waals surface area (Å²) in [6.07, 6.45) is 4.49. The molecule has 0 bridgehead atoms. The number of carbonyl (C=O) groups excluding carboxylic acids is 1. The lowest BCUT2D eigenvalue weighted by Crippen LogP contribution is -2.47. The zero-order valence-electron chi connectivity index (χ0n) is 14.7. The first-order valence-electron chi connectivity index (χ1n) is 8.92. The smallest absolute Gasteiger partial charge is 0.246 e. The Kier molecular flexibility index (Phi) is 6.17. The summed E-state index contributed by atoms with van der Waals surface area (Å²) < 4.78 is 32.4. The molecule has 26 heavy (non-hydrogen) atoms. The number of aromatic nitrogens is 1. The van der Waals surface area contributed by atoms with Gasteiger partial charge < -0.3 is 10.1 Å². The number of sulfonamides is 1. The van der Waals surface area contributed by atoms with E-state index < -0.39 is 10.0 Å². The number of halogens is 1. The molecule has 2 aliphatic rings. The Balaban J connectivity index is 1.57. The van der Waals surface area contributed by atoms with Crippen LogP contribution in [0.3, 0.4) is 0 Å². The molecule has 0 spiro atoms. The number of amides is 1. The number of pyridine rings is 1. The SMILES string of the molecule is C[C@@H](NC(=O)C1CCN(S(=O)(=O)c2cccnc2Cl)CC1)[C@H]1CCCO1. The summed E-state index contributed by atoms with van der Waals surface area (Å²) in [4.78, 5) is 16.3. The molecule has 3 rings (SSSR count). The molecule has 1 amide bonds. The zero-order chi connectivity index (χ0) is 18.7. The average molecular weight is 402 g/mol. The second-order valence-electron chi connectivity index (χ2n) is 6.82. The summed E-state index contributed by atoms with van der Waals surface area (Å²) in [5, 5.41) is 2.99. The first-order valence-corrected chi connectivity index (χ1v) is 10.7. The number of carbonyl (C=O) groups is 1. The molecular formula is C17H24ClN3O4S. The second kappa shape index (κ2) is 8.21. The minimum atomic E-state index is -3.69. The molecule has 144 valence electrons. The normalized spacial score (nSPS) is 23.7. The lowest BCUT2D eigenvalue weighted by molar-refractivity contribution is -0.127. The van der Waals surface area contributed by atoms with Gasteiger partial charge in [-0.05, 0) is 44.7 Å². The Hall–Kier alpha value is -1.22. The molecule has 2 saturated heterocycles. The summed E-state index contributed by atoms with van der Waals surface area (Å²) in [5.41, 5.74) is 0. The van der Waals surface area contributed by atoms with Crippen LogP contribution in [-0.4, -0.2) is 55.5 Å². The van der Waals surface area contributed by atoms with Gasteiger partial charge in [0.25, 0.3) is 0 Å². The van der Waals surface area contributed by atoms with E-state index in [9.17, 15) is 13.2 Å². The van der Waals surface area contributed by atoms with Gasteiger partial charge >= 0.3 is 0 Å². The van der Waals surface area contributed by atoms with E-state index in [0.29, 0.717) is 25.9 Å². The average Bonchev–Trinajstić information content (AvgIpc) is 3.17. The number of ether oxygens (including phenoxy) is 1. The van der Waals surface area contributed by atoms with Crippen LogP contribution in [0.25, 0.3) is 0 Å². The number of piperidine rings is 1. The quantitative estimate of drug-likeness (QED) is 0.760. The van der Waals surface area contributed by atoms with E-state index in [1.807, 2.05) is 6.92 Å². The van der Waals surface area contributed by atoms with Gasteiger partial charge in [-0.1, -0.05) is 11.6 Å². The van der Waals surface area contributed by atoms with E-state index in [1.165, 1.54) is 16.6 Å². The van der Waals surface area contributed by atoms with E-state index in [2.05, 4.69) is 10.3 Å². The molecule has 1 aromatic rings. The van der Waals surface area contributed by atoms with Gasteiger partial charge in [0, 0.05) is 31.8 Å². The predicted molar refractivity (Wildman–Crippen MR) is 97.3 cm³/mol. The molecule has 3 heterocycles. The Morgan fingerprint density at radius 3 is 2.73 bits per heavy atom. The van der Waals surface area contributed by atoms with Crippen molar-refractivity contribution in [1.29, 1.82) is 0 Å². The molecule has 0 radical (unpaired) electrons. The molecule has 1 aromatic heterocycles. The van der Waals surface area contributed by atoms with Crippen LogP contribution in [-0.2, 0) is 19.6 Å². The van der Waals surface area contributed by atoms with Gasteiger partial charge in [-0.15, -0.1) is 0 Å². The third-order valence-electron chi connectivity index (χ3n) is 5.06. The van der Waals surface area contributed by atoms with Gasteiger partial charge in [-0.25, -0.2) is 13.4 Å². The lowest BCUT2D eigenvalue weighted by atomic mass is 9.96. The van der Waals surface area contributed by atoms with Gasteiger partial charge in [-0.3, -0.25) is 4.79 Å². The van der Waals surface area contributed by atoms with Crippen LogP contribution in [0.15, 0.2) is 23.2 Å². The van der Waals surface area contributed by atoms with E-state index in [1.54, 1.807) is 6.07 Å².